The van der Waals surface area contributed by atoms with Crippen molar-refractivity contribution >= 4 is 44.6 Å². The Labute approximate surface area is 88.3 Å². The Kier molecular flexibility index (Phi) is 1.17. The summed E-state index contributed by atoms with van der Waals surface area (Å²) >= 11 is 1.48. The third-order valence-electron chi connectivity index (χ3n) is 2.72. The molecule has 72 valence electrons. The normalized spacial score (nSPS) is 12.0. The number of nitrogens with zero attached hydrogens (tertiary/aromatic N) is 2. The standard InChI is InChI=1S/C10H6N4S/c1-3-11-7-5(1)9-10(14-15-13-9)6-2-4-12-8(6)7/h1-4,13-14H. The van der Waals surface area contributed by atoms with Crippen LogP contribution in [0.3, 0.4) is 0 Å². The predicted octanol–water partition coefficient (Wildman–Crippen LogP) is 2.65. The third-order valence-corrected chi connectivity index (χ3v) is 3.33. The van der Waals surface area contributed by atoms with Gasteiger partial charge in [0.05, 0.1) is 22.1 Å². The van der Waals surface area contributed by atoms with Crippen LogP contribution in [0.5, 0.6) is 0 Å². The highest BCUT2D eigenvalue weighted by Crippen LogP contribution is 2.31. The fourth-order valence-electron chi connectivity index (χ4n) is 2.06. The maximum absolute atomic E-state index is 4.36. The van der Waals surface area contributed by atoms with Crippen molar-refractivity contribution in [3.05, 3.63) is 24.5 Å². The summed E-state index contributed by atoms with van der Waals surface area (Å²) in [6.45, 7) is 0. The quantitative estimate of drug-likeness (QED) is 0.472. The van der Waals surface area contributed by atoms with Gasteiger partial charge in [-0.25, -0.2) is 0 Å². The summed E-state index contributed by atoms with van der Waals surface area (Å²) < 4.78 is 6.50. The first-order valence-corrected chi connectivity index (χ1v) is 5.43. The molecule has 0 aliphatic heterocycles. The molecule has 0 saturated heterocycles. The Morgan fingerprint density at radius 2 is 1.40 bits per heavy atom. The van der Waals surface area contributed by atoms with E-state index in [2.05, 4.69) is 18.7 Å². The molecule has 0 unspecified atom stereocenters. The van der Waals surface area contributed by atoms with E-state index >= 15 is 0 Å². The van der Waals surface area contributed by atoms with Gasteiger partial charge in [0.2, 0.25) is 0 Å². The summed E-state index contributed by atoms with van der Waals surface area (Å²) in [6.07, 6.45) is 3.65. The Morgan fingerprint density at radius 1 is 0.867 bits per heavy atom. The highest BCUT2D eigenvalue weighted by atomic mass is 32.1. The molecule has 1 aromatic carbocycles. The van der Waals surface area contributed by atoms with Crippen LogP contribution in [0.1, 0.15) is 0 Å². The molecule has 0 radical (unpaired) electrons. The molecular weight excluding hydrogens is 208 g/mol. The molecule has 0 spiro atoms. The molecule has 0 bridgehead atoms. The number of hydrogen-bond acceptors (Lipinski definition) is 3. The third kappa shape index (κ3) is 0.771. The summed E-state index contributed by atoms with van der Waals surface area (Å²) in [7, 11) is 0. The van der Waals surface area contributed by atoms with E-state index in [1.807, 2.05) is 24.5 Å². The van der Waals surface area contributed by atoms with Gasteiger partial charge in [0.1, 0.15) is 0 Å². The van der Waals surface area contributed by atoms with Gasteiger partial charge in [-0.2, -0.15) is 0 Å². The van der Waals surface area contributed by atoms with E-state index < -0.39 is 0 Å². The lowest BCUT2D eigenvalue weighted by molar-refractivity contribution is 1.44. The number of fused-ring (bicyclic) bond motifs is 6. The van der Waals surface area contributed by atoms with Gasteiger partial charge in [-0.05, 0) is 12.1 Å². The molecule has 0 atom stereocenters. The number of nitrogens with one attached hydrogen (secondary N) is 2. The summed E-state index contributed by atoms with van der Waals surface area (Å²) in [5.74, 6) is 0. The van der Waals surface area contributed by atoms with Crippen molar-refractivity contribution < 1.29 is 0 Å². The summed E-state index contributed by atoms with van der Waals surface area (Å²) in [6, 6.07) is 4.03. The number of aromatic amines is 2. The lowest BCUT2D eigenvalue weighted by atomic mass is 10.1. The Bertz CT molecular complexity index is 581. The van der Waals surface area contributed by atoms with Gasteiger partial charge in [-0.15, -0.1) is 0 Å². The molecule has 3 aromatic heterocycles. The van der Waals surface area contributed by atoms with Gasteiger partial charge >= 0.3 is 0 Å². The molecule has 0 fully saturated rings. The molecule has 0 saturated carbocycles. The first kappa shape index (κ1) is 7.42. The Hall–Kier alpha value is -1.88. The van der Waals surface area contributed by atoms with Crippen LogP contribution in [-0.4, -0.2) is 18.7 Å². The van der Waals surface area contributed by atoms with Crippen molar-refractivity contribution in [2.75, 3.05) is 0 Å². The zero-order valence-corrected chi connectivity index (χ0v) is 8.43. The second kappa shape index (κ2) is 2.38. The zero-order valence-electron chi connectivity index (χ0n) is 7.61. The fourth-order valence-corrected chi connectivity index (χ4v) is 2.74. The van der Waals surface area contributed by atoms with Crippen molar-refractivity contribution in [1.82, 2.24) is 18.7 Å². The summed E-state index contributed by atoms with van der Waals surface area (Å²) in [4.78, 5) is 8.71. The second-order valence-electron chi connectivity index (χ2n) is 3.47. The van der Waals surface area contributed by atoms with E-state index in [1.165, 1.54) is 11.7 Å². The SMILES string of the molecule is c1cc2c(n1)c1nccc1c1[nH]s[nH]c21. The van der Waals surface area contributed by atoms with Crippen LogP contribution in [0.15, 0.2) is 24.5 Å². The number of rotatable bonds is 0. The van der Waals surface area contributed by atoms with Gasteiger partial charge < -0.3 is 0 Å². The lowest BCUT2D eigenvalue weighted by Gasteiger charge is -1.94. The fraction of sp³-hybridized carbons (Fsp3) is 0. The van der Waals surface area contributed by atoms with Gasteiger partial charge in [0, 0.05) is 34.9 Å². The van der Waals surface area contributed by atoms with E-state index in [9.17, 15) is 0 Å². The van der Waals surface area contributed by atoms with E-state index in [0.29, 0.717) is 0 Å². The number of hydrogen-bond donors (Lipinski definition) is 2. The second-order valence-corrected chi connectivity index (χ2v) is 4.08. The van der Waals surface area contributed by atoms with E-state index in [-0.39, 0.29) is 0 Å². The van der Waals surface area contributed by atoms with Crippen LogP contribution in [0.25, 0.3) is 32.8 Å². The number of H-pyrrole nitrogens is 2. The van der Waals surface area contributed by atoms with Crippen LogP contribution < -0.4 is 0 Å². The van der Waals surface area contributed by atoms with E-state index in [1.54, 1.807) is 0 Å². The smallest absolute Gasteiger partial charge is 0.0987 e. The number of benzene rings is 1. The molecular formula is C10H6N4S. The Balaban J connectivity index is 2.56. The molecule has 0 amide bonds. The maximum Gasteiger partial charge on any atom is 0.0987 e. The van der Waals surface area contributed by atoms with Gasteiger partial charge in [0.15, 0.2) is 0 Å². The topological polar surface area (TPSA) is 57.4 Å². The van der Waals surface area contributed by atoms with Gasteiger partial charge in [0.25, 0.3) is 0 Å². The molecule has 0 aliphatic carbocycles. The highest BCUT2D eigenvalue weighted by Gasteiger charge is 2.12. The average molecular weight is 214 g/mol. The minimum atomic E-state index is 0.977. The molecule has 15 heavy (non-hydrogen) atoms. The summed E-state index contributed by atoms with van der Waals surface area (Å²) in [5.41, 5.74) is 4.19. The number of aromatic nitrogens is 4. The van der Waals surface area contributed by atoms with Gasteiger partial charge in [-0.1, -0.05) is 0 Å². The molecule has 4 aromatic rings. The summed E-state index contributed by atoms with van der Waals surface area (Å²) in [5, 5.41) is 2.27. The highest BCUT2D eigenvalue weighted by molar-refractivity contribution is 7.00. The van der Waals surface area contributed by atoms with E-state index in [0.717, 1.165) is 32.8 Å². The van der Waals surface area contributed by atoms with Crippen molar-refractivity contribution in [1.29, 1.82) is 0 Å². The molecule has 4 rings (SSSR count). The molecule has 4 nitrogen and oxygen atoms in total. The first-order chi connectivity index (χ1) is 7.45. The largest absolute Gasteiger partial charge is 0.294 e. The minimum absolute atomic E-state index is 0.977. The molecule has 5 heteroatoms. The Morgan fingerprint density at radius 3 is 1.93 bits per heavy atom. The predicted molar refractivity (Wildman–Crippen MR) is 61.1 cm³/mol. The van der Waals surface area contributed by atoms with Crippen molar-refractivity contribution in [2.45, 2.75) is 0 Å². The van der Waals surface area contributed by atoms with Crippen LogP contribution in [-0.2, 0) is 0 Å². The van der Waals surface area contributed by atoms with Crippen LogP contribution in [0.4, 0.5) is 0 Å². The molecule has 2 N–H and O–H groups in total. The van der Waals surface area contributed by atoms with Crippen molar-refractivity contribution in [3.63, 3.8) is 0 Å². The van der Waals surface area contributed by atoms with Crippen molar-refractivity contribution in [2.24, 2.45) is 0 Å². The van der Waals surface area contributed by atoms with Crippen LogP contribution in [0.2, 0.25) is 0 Å². The molecule has 3 heterocycles. The van der Waals surface area contributed by atoms with Crippen LogP contribution >= 0.6 is 11.7 Å². The van der Waals surface area contributed by atoms with Gasteiger partial charge in [-0.3, -0.25) is 18.7 Å². The van der Waals surface area contributed by atoms with E-state index in [4.69, 9.17) is 0 Å². The minimum Gasteiger partial charge on any atom is -0.294 e. The molecule has 0 aliphatic rings. The van der Waals surface area contributed by atoms with Crippen LogP contribution in [0, 0.1) is 0 Å². The lowest BCUT2D eigenvalue weighted by Crippen LogP contribution is -1.77. The zero-order chi connectivity index (χ0) is 9.83. The van der Waals surface area contributed by atoms with Crippen molar-refractivity contribution in [3.8, 4) is 0 Å². The first-order valence-electron chi connectivity index (χ1n) is 4.62. The monoisotopic (exact) mass is 214 g/mol. The maximum atomic E-state index is 4.36. The average Bonchev–Trinajstić information content (AvgIpc) is 2.97.